The molecule has 0 bridgehead atoms. The molecule has 1 atom stereocenters. The van der Waals surface area contributed by atoms with E-state index in [-0.39, 0.29) is 36.0 Å². The van der Waals surface area contributed by atoms with Crippen LogP contribution in [0.1, 0.15) is 12.0 Å². The maximum Gasteiger partial charge on any atom is 0.292 e. The fourth-order valence-corrected chi connectivity index (χ4v) is 3.73. The van der Waals surface area contributed by atoms with E-state index in [4.69, 9.17) is 10.7 Å². The van der Waals surface area contributed by atoms with Crippen molar-refractivity contribution in [3.05, 3.63) is 33.9 Å². The second-order valence-electron chi connectivity index (χ2n) is 5.03. The molecule has 21 heavy (non-hydrogen) atoms. The van der Waals surface area contributed by atoms with Gasteiger partial charge in [-0.25, -0.2) is 8.42 Å². The molecule has 1 fully saturated rings. The SMILES string of the molecule is Cc1ccc([N+](=O)[O-])c(N2CC(CS(=O)(=O)Cl)CC2=O)c1. The third-order valence-electron chi connectivity index (χ3n) is 3.26. The first-order chi connectivity index (χ1) is 9.67. The highest BCUT2D eigenvalue weighted by Gasteiger charge is 2.36. The Morgan fingerprint density at radius 1 is 1.48 bits per heavy atom. The molecule has 1 saturated heterocycles. The van der Waals surface area contributed by atoms with Crippen LogP contribution in [0.25, 0.3) is 0 Å². The summed E-state index contributed by atoms with van der Waals surface area (Å²) in [6, 6.07) is 4.47. The van der Waals surface area contributed by atoms with Crippen LogP contribution in [-0.4, -0.2) is 31.5 Å². The molecule has 0 spiro atoms. The highest BCUT2D eigenvalue weighted by atomic mass is 35.7. The zero-order valence-electron chi connectivity index (χ0n) is 11.2. The lowest BCUT2D eigenvalue weighted by Gasteiger charge is -2.17. The Labute approximate surface area is 126 Å². The van der Waals surface area contributed by atoms with Gasteiger partial charge in [0.2, 0.25) is 15.0 Å². The van der Waals surface area contributed by atoms with Crippen LogP contribution in [0.4, 0.5) is 11.4 Å². The Hall–Kier alpha value is -1.67. The van der Waals surface area contributed by atoms with Crippen LogP contribution in [0.3, 0.4) is 0 Å². The van der Waals surface area contributed by atoms with Gasteiger partial charge in [-0.15, -0.1) is 0 Å². The molecule has 1 amide bonds. The third kappa shape index (κ3) is 3.70. The number of nitro groups is 1. The molecule has 9 heteroatoms. The summed E-state index contributed by atoms with van der Waals surface area (Å²) in [5.74, 6) is -1.12. The Morgan fingerprint density at radius 3 is 2.71 bits per heavy atom. The van der Waals surface area contributed by atoms with Gasteiger partial charge in [0.05, 0.1) is 10.7 Å². The maximum atomic E-state index is 12.0. The molecular weight excluding hydrogens is 320 g/mol. The maximum absolute atomic E-state index is 12.0. The van der Waals surface area contributed by atoms with Crippen LogP contribution < -0.4 is 4.90 Å². The largest absolute Gasteiger partial charge is 0.306 e. The van der Waals surface area contributed by atoms with Gasteiger partial charge < -0.3 is 4.90 Å². The van der Waals surface area contributed by atoms with E-state index in [1.165, 1.54) is 11.0 Å². The van der Waals surface area contributed by atoms with Crippen LogP contribution in [0.5, 0.6) is 0 Å². The average Bonchev–Trinajstić information content (AvgIpc) is 2.66. The van der Waals surface area contributed by atoms with E-state index in [0.717, 1.165) is 5.56 Å². The monoisotopic (exact) mass is 332 g/mol. The zero-order chi connectivity index (χ0) is 15.8. The summed E-state index contributed by atoms with van der Waals surface area (Å²) < 4.78 is 22.2. The minimum Gasteiger partial charge on any atom is -0.306 e. The number of hydrogen-bond acceptors (Lipinski definition) is 5. The molecule has 0 aliphatic carbocycles. The lowest BCUT2D eigenvalue weighted by Crippen LogP contribution is -2.26. The van der Waals surface area contributed by atoms with E-state index in [1.54, 1.807) is 19.1 Å². The molecular formula is C12H13ClN2O5S. The summed E-state index contributed by atoms with van der Waals surface area (Å²) >= 11 is 0. The Balaban J connectivity index is 2.33. The predicted octanol–water partition coefficient (Wildman–Crippen LogP) is 1.82. The van der Waals surface area contributed by atoms with Gasteiger partial charge >= 0.3 is 0 Å². The van der Waals surface area contributed by atoms with Gasteiger partial charge in [0.1, 0.15) is 5.69 Å². The van der Waals surface area contributed by atoms with Crippen molar-refractivity contribution >= 4 is 37.0 Å². The fraction of sp³-hybridized carbons (Fsp3) is 0.417. The second-order valence-corrected chi connectivity index (χ2v) is 7.85. The minimum absolute atomic E-state index is 0.0110. The van der Waals surface area contributed by atoms with Crippen molar-refractivity contribution in [3.8, 4) is 0 Å². The number of halogens is 1. The zero-order valence-corrected chi connectivity index (χ0v) is 12.7. The van der Waals surface area contributed by atoms with Crippen molar-refractivity contribution in [1.29, 1.82) is 0 Å². The molecule has 0 N–H and O–H groups in total. The first kappa shape index (κ1) is 15.7. The highest BCUT2D eigenvalue weighted by Crippen LogP contribution is 2.34. The molecule has 0 aromatic heterocycles. The molecule has 1 unspecified atom stereocenters. The summed E-state index contributed by atoms with van der Waals surface area (Å²) in [6.45, 7) is 1.86. The second kappa shape index (κ2) is 5.61. The molecule has 1 aromatic rings. The fourth-order valence-electron chi connectivity index (χ4n) is 2.41. The van der Waals surface area contributed by atoms with E-state index in [2.05, 4.69) is 0 Å². The minimum atomic E-state index is -3.71. The first-order valence-corrected chi connectivity index (χ1v) is 8.63. The molecule has 0 saturated carbocycles. The number of anilines is 1. The quantitative estimate of drug-likeness (QED) is 0.476. The molecule has 0 radical (unpaired) electrons. The summed E-state index contributed by atoms with van der Waals surface area (Å²) in [5.41, 5.74) is 0.791. The van der Waals surface area contributed by atoms with Crippen LogP contribution in [-0.2, 0) is 13.8 Å². The molecule has 1 aliphatic heterocycles. The molecule has 1 heterocycles. The summed E-state index contributed by atoms with van der Waals surface area (Å²) in [7, 11) is 1.48. The van der Waals surface area contributed by atoms with Crippen molar-refractivity contribution < 1.29 is 18.1 Å². The van der Waals surface area contributed by atoms with Crippen LogP contribution in [0.15, 0.2) is 18.2 Å². The van der Waals surface area contributed by atoms with E-state index in [0.29, 0.717) is 0 Å². The topological polar surface area (TPSA) is 97.6 Å². The van der Waals surface area contributed by atoms with E-state index in [1.807, 2.05) is 0 Å². The van der Waals surface area contributed by atoms with Gasteiger partial charge in [-0.05, 0) is 18.6 Å². The Kier molecular flexibility index (Phi) is 4.20. The normalized spacial score (nSPS) is 19.0. The lowest BCUT2D eigenvalue weighted by molar-refractivity contribution is -0.384. The number of carbonyl (C=O) groups is 1. The molecule has 114 valence electrons. The number of carbonyl (C=O) groups excluding carboxylic acids is 1. The molecule has 7 nitrogen and oxygen atoms in total. The van der Waals surface area contributed by atoms with Crippen LogP contribution in [0.2, 0.25) is 0 Å². The van der Waals surface area contributed by atoms with Gasteiger partial charge in [-0.1, -0.05) is 6.07 Å². The van der Waals surface area contributed by atoms with Gasteiger partial charge in [-0.2, -0.15) is 0 Å². The van der Waals surface area contributed by atoms with Crippen LogP contribution in [0, 0.1) is 23.0 Å². The van der Waals surface area contributed by atoms with Gasteiger partial charge in [0, 0.05) is 35.6 Å². The van der Waals surface area contributed by atoms with Crippen molar-refractivity contribution in [3.63, 3.8) is 0 Å². The Bertz CT molecular complexity index is 704. The number of nitrogens with zero attached hydrogens (tertiary/aromatic N) is 2. The highest BCUT2D eigenvalue weighted by molar-refractivity contribution is 8.13. The van der Waals surface area contributed by atoms with E-state index >= 15 is 0 Å². The summed E-state index contributed by atoms with van der Waals surface area (Å²) in [4.78, 5) is 23.8. The van der Waals surface area contributed by atoms with Crippen molar-refractivity contribution in [2.24, 2.45) is 5.92 Å². The van der Waals surface area contributed by atoms with E-state index in [9.17, 15) is 23.3 Å². The molecule has 1 aromatic carbocycles. The predicted molar refractivity (Wildman–Crippen MR) is 77.9 cm³/mol. The van der Waals surface area contributed by atoms with Crippen LogP contribution >= 0.6 is 10.7 Å². The number of nitro benzene ring substituents is 1. The molecule has 1 aliphatic rings. The summed E-state index contributed by atoms with van der Waals surface area (Å²) in [5, 5.41) is 11.1. The van der Waals surface area contributed by atoms with Crippen molar-refractivity contribution in [2.75, 3.05) is 17.2 Å². The number of benzene rings is 1. The van der Waals surface area contributed by atoms with E-state index < -0.39 is 19.9 Å². The lowest BCUT2D eigenvalue weighted by atomic mass is 10.1. The summed E-state index contributed by atoms with van der Waals surface area (Å²) in [6.07, 6.45) is 0.0110. The first-order valence-electron chi connectivity index (χ1n) is 6.15. The number of rotatable bonds is 4. The van der Waals surface area contributed by atoms with Crippen molar-refractivity contribution in [1.82, 2.24) is 0 Å². The average molecular weight is 333 g/mol. The molecule has 2 rings (SSSR count). The number of aryl methyl sites for hydroxylation is 1. The third-order valence-corrected chi connectivity index (χ3v) is 4.51. The number of amides is 1. The van der Waals surface area contributed by atoms with Gasteiger partial charge in [0.15, 0.2) is 0 Å². The van der Waals surface area contributed by atoms with Gasteiger partial charge in [-0.3, -0.25) is 14.9 Å². The Morgan fingerprint density at radius 2 is 2.14 bits per heavy atom. The van der Waals surface area contributed by atoms with Crippen molar-refractivity contribution in [2.45, 2.75) is 13.3 Å². The standard InChI is InChI=1S/C12H13ClN2O5S/c1-8-2-3-10(15(17)18)11(4-8)14-6-9(5-12(14)16)7-21(13,19)20/h2-4,9H,5-7H2,1H3. The smallest absolute Gasteiger partial charge is 0.292 e. The number of hydrogen-bond donors (Lipinski definition) is 0. The van der Waals surface area contributed by atoms with Gasteiger partial charge in [0.25, 0.3) is 5.69 Å².